The minimum Gasteiger partial charge on any atom is -0.495 e. The van der Waals surface area contributed by atoms with Crippen LogP contribution in [0.25, 0.3) is 0 Å². The largest absolute Gasteiger partial charge is 0.495 e. The van der Waals surface area contributed by atoms with Gasteiger partial charge in [0.2, 0.25) is 0 Å². The Morgan fingerprint density at radius 3 is 2.49 bits per heavy atom. The maximum absolute atomic E-state index is 13.0. The van der Waals surface area contributed by atoms with Crippen LogP contribution in [-0.2, 0) is 16.0 Å². The molecule has 7 nitrogen and oxygen atoms in total. The quantitative estimate of drug-likeness (QED) is 0.408. The van der Waals surface area contributed by atoms with Crippen molar-refractivity contribution >= 4 is 21.8 Å². The Morgan fingerprint density at radius 2 is 1.86 bits per heavy atom. The van der Waals surface area contributed by atoms with E-state index in [1.807, 2.05) is 54.6 Å². The number of hydrogen-bond donors (Lipinski definition) is 3. The molecule has 196 valence electrons. The normalized spacial score (nSPS) is 25.4. The van der Waals surface area contributed by atoms with Gasteiger partial charge in [-0.3, -0.25) is 9.78 Å². The van der Waals surface area contributed by atoms with Crippen LogP contribution in [0, 0.1) is 5.92 Å². The Bertz CT molecular complexity index is 1250. The highest BCUT2D eigenvalue weighted by molar-refractivity contribution is 9.10. The molecule has 1 amide bonds. The number of nitrogens with one attached hydrogen (secondary N) is 1. The van der Waals surface area contributed by atoms with Gasteiger partial charge >= 0.3 is 6.43 Å². The lowest BCUT2D eigenvalue weighted by atomic mass is 9.70. The molecule has 1 saturated carbocycles. The highest BCUT2D eigenvalue weighted by Gasteiger charge is 2.73. The predicted octanol–water partition coefficient (Wildman–Crippen LogP) is 4.12. The third-order valence-electron chi connectivity index (χ3n) is 7.11. The first-order valence-electron chi connectivity index (χ1n) is 11.6. The van der Waals surface area contributed by atoms with E-state index in [-0.39, 0.29) is 12.5 Å². The smallest absolute Gasteiger partial charge is 0.315 e. The molecule has 2 aromatic carbocycles. The number of alkyl halides is 2. The highest BCUT2D eigenvalue weighted by atomic mass is 79.9. The molecule has 5 rings (SSSR count). The number of pyridine rings is 1. The molecule has 0 bridgehead atoms. The zero-order chi connectivity index (χ0) is 26.8. The SMILES string of the molecule is CO.COc1cncc2c1C1(O)C(CNC(=O)C(F)F)CC(c3ccccc3)C1(c1ccc(Br)cc1)O2. The van der Waals surface area contributed by atoms with Gasteiger partial charge in [0, 0.05) is 30.0 Å². The first kappa shape index (κ1) is 27.0. The summed E-state index contributed by atoms with van der Waals surface area (Å²) >= 11 is 3.46. The molecular weight excluding hydrogens is 550 g/mol. The van der Waals surface area contributed by atoms with E-state index >= 15 is 0 Å². The van der Waals surface area contributed by atoms with Crippen molar-refractivity contribution < 1.29 is 33.3 Å². The summed E-state index contributed by atoms with van der Waals surface area (Å²) in [4.78, 5) is 16.0. The third-order valence-corrected chi connectivity index (χ3v) is 7.64. The lowest BCUT2D eigenvalue weighted by molar-refractivity contribution is -0.137. The minimum atomic E-state index is -3.15. The summed E-state index contributed by atoms with van der Waals surface area (Å²) in [7, 11) is 2.47. The van der Waals surface area contributed by atoms with Crippen LogP contribution in [0.1, 0.15) is 29.0 Å². The number of aliphatic hydroxyl groups is 2. The van der Waals surface area contributed by atoms with Crippen LogP contribution in [0.2, 0.25) is 0 Å². The number of amides is 1. The summed E-state index contributed by atoms with van der Waals surface area (Å²) in [5, 5.41) is 22.0. The van der Waals surface area contributed by atoms with Gasteiger partial charge in [0.25, 0.3) is 5.91 Å². The van der Waals surface area contributed by atoms with E-state index in [2.05, 4.69) is 26.2 Å². The average Bonchev–Trinajstić information content (AvgIpc) is 3.34. The second-order valence-corrected chi connectivity index (χ2v) is 9.68. The number of aromatic nitrogens is 1. The molecule has 1 fully saturated rings. The number of carbonyl (C=O) groups excluding carboxylic acids is 1. The molecule has 0 radical (unpaired) electrons. The van der Waals surface area contributed by atoms with Gasteiger partial charge in [-0.15, -0.1) is 0 Å². The Labute approximate surface area is 221 Å². The second kappa shape index (κ2) is 10.7. The number of ether oxygens (including phenoxy) is 2. The third kappa shape index (κ3) is 4.26. The van der Waals surface area contributed by atoms with Gasteiger partial charge in [-0.1, -0.05) is 58.4 Å². The molecule has 1 aromatic heterocycles. The number of aliphatic hydroxyl groups excluding tert-OH is 1. The molecule has 0 spiro atoms. The van der Waals surface area contributed by atoms with Crippen LogP contribution in [0.5, 0.6) is 11.5 Å². The van der Waals surface area contributed by atoms with Gasteiger partial charge in [-0.2, -0.15) is 8.78 Å². The average molecular weight is 577 g/mol. The number of benzene rings is 2. The number of halogens is 3. The van der Waals surface area contributed by atoms with Crippen molar-refractivity contribution in [1.82, 2.24) is 10.3 Å². The van der Waals surface area contributed by atoms with E-state index in [0.717, 1.165) is 17.1 Å². The fraction of sp³-hybridized carbons (Fsp3) is 0.333. The Hall–Kier alpha value is -3.08. The standard InChI is InChI=1S/C26H23BrF2N2O4.CH4O/c1-34-20-13-30-14-21-22(20)25(33)17(12-31-24(32)23(28)29)11-19(15-5-3-2-4-6-15)26(25,35-21)16-7-9-18(27)10-8-16;1-2/h2-10,13-14,17,19,23,33H,11-12H2,1H3,(H,31,32);2H,1H3. The summed E-state index contributed by atoms with van der Waals surface area (Å²) in [6, 6.07) is 17.1. The molecule has 1 aliphatic heterocycles. The van der Waals surface area contributed by atoms with Crippen molar-refractivity contribution in [2.75, 3.05) is 20.8 Å². The van der Waals surface area contributed by atoms with Gasteiger partial charge in [-0.25, -0.2) is 0 Å². The second-order valence-electron chi connectivity index (χ2n) is 8.77. The summed E-state index contributed by atoms with van der Waals surface area (Å²) in [5.74, 6) is -1.76. The van der Waals surface area contributed by atoms with Crippen molar-refractivity contribution in [2.45, 2.75) is 30.0 Å². The van der Waals surface area contributed by atoms with E-state index in [0.29, 0.717) is 29.0 Å². The van der Waals surface area contributed by atoms with Crippen LogP contribution in [0.3, 0.4) is 0 Å². The van der Waals surface area contributed by atoms with E-state index in [4.69, 9.17) is 14.6 Å². The van der Waals surface area contributed by atoms with Crippen LogP contribution in [0.15, 0.2) is 71.5 Å². The van der Waals surface area contributed by atoms with E-state index in [1.165, 1.54) is 19.5 Å². The lowest BCUT2D eigenvalue weighted by Crippen LogP contribution is -2.52. The zero-order valence-electron chi connectivity index (χ0n) is 20.2. The zero-order valence-corrected chi connectivity index (χ0v) is 21.8. The molecule has 2 heterocycles. The molecule has 10 heteroatoms. The van der Waals surface area contributed by atoms with Crippen LogP contribution in [-0.4, -0.2) is 48.3 Å². The van der Waals surface area contributed by atoms with Gasteiger partial charge in [0.15, 0.2) is 5.60 Å². The molecule has 2 aliphatic rings. The van der Waals surface area contributed by atoms with Gasteiger partial charge in [0.1, 0.15) is 17.1 Å². The van der Waals surface area contributed by atoms with Crippen molar-refractivity contribution in [3.05, 3.63) is 88.2 Å². The van der Waals surface area contributed by atoms with E-state index in [9.17, 15) is 18.7 Å². The van der Waals surface area contributed by atoms with Crippen LogP contribution >= 0.6 is 15.9 Å². The Morgan fingerprint density at radius 1 is 1.19 bits per heavy atom. The highest BCUT2D eigenvalue weighted by Crippen LogP contribution is 2.69. The van der Waals surface area contributed by atoms with Crippen molar-refractivity contribution in [3.63, 3.8) is 0 Å². The number of fused-ring (bicyclic) bond motifs is 3. The summed E-state index contributed by atoms with van der Waals surface area (Å²) in [5.41, 5.74) is -1.03. The first-order valence-corrected chi connectivity index (χ1v) is 12.4. The lowest BCUT2D eigenvalue weighted by Gasteiger charge is -2.42. The molecule has 4 atom stereocenters. The van der Waals surface area contributed by atoms with Gasteiger partial charge in [-0.05, 0) is 29.7 Å². The number of carbonyl (C=O) groups is 1. The fourth-order valence-corrected chi connectivity index (χ4v) is 5.96. The summed E-state index contributed by atoms with van der Waals surface area (Å²) in [6.45, 7) is -0.171. The van der Waals surface area contributed by atoms with Gasteiger partial charge in [0.05, 0.1) is 25.1 Å². The van der Waals surface area contributed by atoms with Crippen molar-refractivity contribution in [2.24, 2.45) is 5.92 Å². The monoisotopic (exact) mass is 576 g/mol. The number of rotatable bonds is 6. The molecule has 1 aliphatic carbocycles. The summed E-state index contributed by atoms with van der Waals surface area (Å²) < 4.78 is 39.1. The fourth-order valence-electron chi connectivity index (χ4n) is 5.70. The summed E-state index contributed by atoms with van der Waals surface area (Å²) in [6.07, 6.45) is 0.220. The minimum absolute atomic E-state index is 0.171. The first-order chi connectivity index (χ1) is 17.8. The topological polar surface area (TPSA) is 101 Å². The molecular formula is C27H27BrF2N2O5. The Balaban J connectivity index is 0.00000156. The Kier molecular flexibility index (Phi) is 7.82. The van der Waals surface area contributed by atoms with Crippen molar-refractivity contribution in [3.8, 4) is 11.5 Å². The molecule has 3 aromatic rings. The number of methoxy groups -OCH3 is 1. The predicted molar refractivity (Wildman–Crippen MR) is 136 cm³/mol. The maximum Gasteiger partial charge on any atom is 0.315 e. The number of nitrogens with zero attached hydrogens (tertiary/aromatic N) is 1. The number of hydrogen-bond acceptors (Lipinski definition) is 6. The van der Waals surface area contributed by atoms with Crippen LogP contribution in [0.4, 0.5) is 8.78 Å². The van der Waals surface area contributed by atoms with E-state index < -0.39 is 29.5 Å². The molecule has 0 saturated heterocycles. The molecule has 37 heavy (non-hydrogen) atoms. The van der Waals surface area contributed by atoms with E-state index in [1.54, 1.807) is 0 Å². The van der Waals surface area contributed by atoms with Crippen molar-refractivity contribution in [1.29, 1.82) is 0 Å². The molecule has 3 N–H and O–H groups in total. The maximum atomic E-state index is 13.0. The molecule has 4 unspecified atom stereocenters. The van der Waals surface area contributed by atoms with Crippen LogP contribution < -0.4 is 14.8 Å². The van der Waals surface area contributed by atoms with Gasteiger partial charge < -0.3 is 25.0 Å².